The third kappa shape index (κ3) is 2.92. The van der Waals surface area contributed by atoms with Crippen LogP contribution in [0.5, 0.6) is 5.75 Å². The molecule has 0 atom stereocenters. The van der Waals surface area contributed by atoms with Crippen molar-refractivity contribution in [2.75, 3.05) is 0 Å². The van der Waals surface area contributed by atoms with Crippen LogP contribution in [0.4, 0.5) is 5.69 Å². The Hall–Kier alpha value is -2.77. The maximum atomic E-state index is 10.9. The summed E-state index contributed by atoms with van der Waals surface area (Å²) in [5, 5.41) is 14.4. The van der Waals surface area contributed by atoms with Crippen molar-refractivity contribution < 1.29 is 19.0 Å². The maximum absolute atomic E-state index is 10.9. The summed E-state index contributed by atoms with van der Waals surface area (Å²) < 4.78 is 10.1. The first kappa shape index (κ1) is 12.7. The third-order valence-corrected chi connectivity index (χ3v) is 2.24. The highest BCUT2D eigenvalue weighted by molar-refractivity contribution is 5.77. The van der Waals surface area contributed by atoms with Crippen LogP contribution in [0, 0.1) is 17.0 Å². The van der Waals surface area contributed by atoms with Crippen LogP contribution in [0.15, 0.2) is 22.7 Å². The van der Waals surface area contributed by atoms with Crippen LogP contribution >= 0.6 is 0 Å². The molecule has 0 unspecified atom stereocenters. The van der Waals surface area contributed by atoms with Gasteiger partial charge in [0.2, 0.25) is 0 Å². The number of hydrogen-bond acceptors (Lipinski definition) is 7. The predicted molar refractivity (Wildman–Crippen MR) is 61.9 cm³/mol. The Kier molecular flexibility index (Phi) is 3.51. The molecule has 0 bridgehead atoms. The van der Waals surface area contributed by atoms with Gasteiger partial charge in [-0.1, -0.05) is 5.16 Å². The van der Waals surface area contributed by atoms with Gasteiger partial charge in [-0.05, 0) is 19.1 Å². The zero-order valence-electron chi connectivity index (χ0n) is 9.90. The molecule has 0 N–H and O–H groups in total. The van der Waals surface area contributed by atoms with Gasteiger partial charge in [-0.15, -0.1) is 0 Å². The lowest BCUT2D eigenvalue weighted by atomic mass is 10.2. The van der Waals surface area contributed by atoms with Crippen LogP contribution in [0.1, 0.15) is 22.1 Å². The van der Waals surface area contributed by atoms with E-state index in [9.17, 15) is 14.9 Å². The summed E-state index contributed by atoms with van der Waals surface area (Å²) >= 11 is 0. The number of aromatic nitrogens is 2. The topological polar surface area (TPSA) is 108 Å². The smallest absolute Gasteiger partial charge is 0.311 e. The number of nitrogens with zero attached hydrogens (tertiary/aromatic N) is 3. The second kappa shape index (κ2) is 5.25. The Morgan fingerprint density at radius 3 is 2.89 bits per heavy atom. The number of ether oxygens (including phenoxy) is 1. The van der Waals surface area contributed by atoms with Crippen LogP contribution < -0.4 is 4.74 Å². The summed E-state index contributed by atoms with van der Waals surface area (Å²) in [6, 6.07) is 3.92. The van der Waals surface area contributed by atoms with E-state index in [2.05, 4.69) is 10.1 Å². The molecule has 0 saturated carbocycles. The fourth-order valence-electron chi connectivity index (χ4n) is 1.41. The van der Waals surface area contributed by atoms with Crippen molar-refractivity contribution >= 4 is 12.0 Å². The van der Waals surface area contributed by atoms with E-state index in [1.165, 1.54) is 12.1 Å². The molecule has 8 heteroatoms. The van der Waals surface area contributed by atoms with Crippen LogP contribution in [-0.4, -0.2) is 21.4 Å². The van der Waals surface area contributed by atoms with E-state index in [0.717, 1.165) is 6.07 Å². The SMILES string of the molecule is Cc1noc(COc2ccc(C=O)cc2[N+](=O)[O-])n1. The van der Waals surface area contributed by atoms with Crippen molar-refractivity contribution in [1.82, 2.24) is 10.1 Å². The molecule has 0 amide bonds. The third-order valence-electron chi connectivity index (χ3n) is 2.24. The van der Waals surface area contributed by atoms with Gasteiger partial charge >= 0.3 is 5.69 Å². The standard InChI is InChI=1S/C11H9N3O5/c1-7-12-11(19-13-7)6-18-10-3-2-8(5-15)4-9(10)14(16)17/h2-5H,6H2,1H3. The highest BCUT2D eigenvalue weighted by Gasteiger charge is 2.17. The van der Waals surface area contributed by atoms with Gasteiger partial charge in [0.1, 0.15) is 6.29 Å². The van der Waals surface area contributed by atoms with Crippen LogP contribution in [0.2, 0.25) is 0 Å². The first-order valence-electron chi connectivity index (χ1n) is 5.26. The molecular weight excluding hydrogens is 254 g/mol. The number of carbonyl (C=O) groups is 1. The molecule has 0 spiro atoms. The van der Waals surface area contributed by atoms with E-state index in [1.54, 1.807) is 6.92 Å². The lowest BCUT2D eigenvalue weighted by Gasteiger charge is -2.04. The highest BCUT2D eigenvalue weighted by Crippen LogP contribution is 2.28. The molecule has 8 nitrogen and oxygen atoms in total. The first-order chi connectivity index (χ1) is 9.10. The lowest BCUT2D eigenvalue weighted by Crippen LogP contribution is -2.00. The number of aryl methyl sites for hydroxylation is 1. The minimum Gasteiger partial charge on any atom is -0.477 e. The Labute approximate surface area is 107 Å². The minimum atomic E-state index is -0.624. The Balaban J connectivity index is 2.19. The Morgan fingerprint density at radius 1 is 1.53 bits per heavy atom. The molecule has 2 aromatic rings. The van der Waals surface area contributed by atoms with Gasteiger partial charge in [0.25, 0.3) is 5.89 Å². The minimum absolute atomic E-state index is 0.0338. The molecule has 0 fully saturated rings. The molecule has 0 aliphatic rings. The normalized spacial score (nSPS) is 10.2. The van der Waals surface area contributed by atoms with E-state index >= 15 is 0 Å². The quantitative estimate of drug-likeness (QED) is 0.458. The molecule has 1 heterocycles. The number of hydrogen-bond donors (Lipinski definition) is 0. The maximum Gasteiger partial charge on any atom is 0.311 e. The lowest BCUT2D eigenvalue weighted by molar-refractivity contribution is -0.386. The number of rotatable bonds is 5. The zero-order valence-corrected chi connectivity index (χ0v) is 9.90. The van der Waals surface area contributed by atoms with Crippen molar-refractivity contribution in [3.63, 3.8) is 0 Å². The van der Waals surface area contributed by atoms with E-state index in [-0.39, 0.29) is 29.5 Å². The van der Waals surface area contributed by atoms with Crippen molar-refractivity contribution in [1.29, 1.82) is 0 Å². The molecule has 1 aromatic heterocycles. The van der Waals surface area contributed by atoms with Gasteiger partial charge in [0, 0.05) is 11.6 Å². The number of carbonyl (C=O) groups excluding carboxylic acids is 1. The molecule has 0 saturated heterocycles. The van der Waals surface area contributed by atoms with Crippen LogP contribution in [0.25, 0.3) is 0 Å². The van der Waals surface area contributed by atoms with Gasteiger partial charge in [-0.25, -0.2) is 0 Å². The molecule has 98 valence electrons. The number of benzene rings is 1. The zero-order chi connectivity index (χ0) is 13.8. The van der Waals surface area contributed by atoms with Gasteiger partial charge < -0.3 is 9.26 Å². The second-order valence-electron chi connectivity index (χ2n) is 3.63. The summed E-state index contributed by atoms with van der Waals surface area (Å²) in [7, 11) is 0. The van der Waals surface area contributed by atoms with E-state index in [0.29, 0.717) is 12.1 Å². The summed E-state index contributed by atoms with van der Waals surface area (Å²) in [6.07, 6.45) is 0.526. The summed E-state index contributed by atoms with van der Waals surface area (Å²) in [5.74, 6) is 0.696. The monoisotopic (exact) mass is 263 g/mol. The van der Waals surface area contributed by atoms with Gasteiger partial charge in [0.15, 0.2) is 18.2 Å². The van der Waals surface area contributed by atoms with Crippen molar-refractivity contribution in [3.05, 3.63) is 45.6 Å². The molecule has 0 aliphatic heterocycles. The second-order valence-corrected chi connectivity index (χ2v) is 3.63. The number of nitro groups is 1. The molecule has 0 aliphatic carbocycles. The fraction of sp³-hybridized carbons (Fsp3) is 0.182. The average Bonchev–Trinajstić information content (AvgIpc) is 2.82. The molecule has 0 radical (unpaired) electrons. The van der Waals surface area contributed by atoms with Crippen molar-refractivity contribution in [3.8, 4) is 5.75 Å². The van der Waals surface area contributed by atoms with Gasteiger partial charge in [0.05, 0.1) is 4.92 Å². The number of nitro benzene ring substituents is 1. The Bertz CT molecular complexity index is 623. The van der Waals surface area contributed by atoms with Gasteiger partial charge in [-0.2, -0.15) is 4.98 Å². The largest absolute Gasteiger partial charge is 0.477 e. The fourth-order valence-corrected chi connectivity index (χ4v) is 1.41. The molecule has 19 heavy (non-hydrogen) atoms. The van der Waals surface area contributed by atoms with Crippen molar-refractivity contribution in [2.45, 2.75) is 13.5 Å². The molecular formula is C11H9N3O5. The van der Waals surface area contributed by atoms with Crippen LogP contribution in [-0.2, 0) is 6.61 Å². The Morgan fingerprint density at radius 2 is 2.32 bits per heavy atom. The predicted octanol–water partition coefficient (Wildman–Crippen LogP) is 1.68. The molecule has 1 aromatic carbocycles. The number of aldehydes is 1. The van der Waals surface area contributed by atoms with E-state index in [4.69, 9.17) is 9.26 Å². The van der Waals surface area contributed by atoms with E-state index in [1.807, 2.05) is 0 Å². The average molecular weight is 263 g/mol. The summed E-state index contributed by atoms with van der Waals surface area (Å²) in [4.78, 5) is 24.7. The van der Waals surface area contributed by atoms with E-state index < -0.39 is 4.92 Å². The first-order valence-corrected chi connectivity index (χ1v) is 5.26. The molecule has 2 rings (SSSR count). The van der Waals surface area contributed by atoms with Crippen molar-refractivity contribution in [2.24, 2.45) is 0 Å². The van der Waals surface area contributed by atoms with Gasteiger partial charge in [-0.3, -0.25) is 14.9 Å². The summed E-state index contributed by atoms with van der Waals surface area (Å²) in [6.45, 7) is 1.57. The summed E-state index contributed by atoms with van der Waals surface area (Å²) in [5.41, 5.74) is -0.0893. The van der Waals surface area contributed by atoms with Crippen LogP contribution in [0.3, 0.4) is 0 Å². The highest BCUT2D eigenvalue weighted by atomic mass is 16.6.